The molecule has 0 aromatic carbocycles. The van der Waals surface area contributed by atoms with E-state index in [9.17, 15) is 0 Å². The fourth-order valence-electron chi connectivity index (χ4n) is 2.27. The van der Waals surface area contributed by atoms with Crippen LogP contribution in [0.25, 0.3) is 0 Å². The minimum Gasteiger partial charge on any atom is -0.361 e. The van der Waals surface area contributed by atoms with Crippen LogP contribution in [0.2, 0.25) is 0 Å². The molecule has 0 spiro atoms. The summed E-state index contributed by atoms with van der Waals surface area (Å²) in [5, 5.41) is 4.16. The number of hydrogen-bond acceptors (Lipinski definition) is 3. The van der Waals surface area contributed by atoms with E-state index in [4.69, 9.17) is 10.3 Å². The van der Waals surface area contributed by atoms with Gasteiger partial charge in [0.1, 0.15) is 5.76 Å². The molecular formula is C11H18N2O. The molecule has 3 nitrogen and oxygen atoms in total. The highest BCUT2D eigenvalue weighted by molar-refractivity contribution is 5.31. The summed E-state index contributed by atoms with van der Waals surface area (Å²) in [6, 6.07) is 0. The van der Waals surface area contributed by atoms with E-state index in [-0.39, 0.29) is 0 Å². The lowest BCUT2D eigenvalue weighted by Crippen LogP contribution is -2.18. The van der Waals surface area contributed by atoms with Crippen LogP contribution in [0.15, 0.2) is 4.52 Å². The second kappa shape index (κ2) is 3.73. The highest BCUT2D eigenvalue weighted by Gasteiger charge is 2.27. The van der Waals surface area contributed by atoms with Crippen LogP contribution >= 0.6 is 0 Å². The summed E-state index contributed by atoms with van der Waals surface area (Å²) in [5.41, 5.74) is 8.21. The predicted octanol–water partition coefficient (Wildman–Crippen LogP) is 2.18. The molecule has 1 aromatic rings. The zero-order chi connectivity index (χ0) is 10.1. The van der Waals surface area contributed by atoms with Crippen LogP contribution in [0.5, 0.6) is 0 Å². The monoisotopic (exact) mass is 194 g/mol. The molecule has 1 heterocycles. The molecule has 0 saturated carbocycles. The van der Waals surface area contributed by atoms with Crippen molar-refractivity contribution in [3.63, 3.8) is 0 Å². The van der Waals surface area contributed by atoms with Crippen molar-refractivity contribution in [3.8, 4) is 0 Å². The topological polar surface area (TPSA) is 52.0 Å². The average molecular weight is 194 g/mol. The Labute approximate surface area is 84.7 Å². The van der Waals surface area contributed by atoms with Crippen molar-refractivity contribution in [1.29, 1.82) is 0 Å². The maximum atomic E-state index is 5.78. The standard InChI is InChI=1S/C11H18N2O/c1-7(2)11-10-8(6-12)4-3-5-9(10)14-13-11/h7-8H,3-6,12H2,1-2H3. The first-order valence-corrected chi connectivity index (χ1v) is 5.42. The van der Waals surface area contributed by atoms with E-state index in [0.717, 1.165) is 17.9 Å². The van der Waals surface area contributed by atoms with Gasteiger partial charge in [-0.3, -0.25) is 0 Å². The minimum atomic E-state index is 0.439. The van der Waals surface area contributed by atoms with Gasteiger partial charge in [-0.05, 0) is 25.3 Å². The SMILES string of the molecule is CC(C)c1noc2c1C(CN)CCC2. The lowest BCUT2D eigenvalue weighted by atomic mass is 9.84. The molecule has 0 bridgehead atoms. The lowest BCUT2D eigenvalue weighted by molar-refractivity contribution is 0.361. The largest absolute Gasteiger partial charge is 0.361 e. The predicted molar refractivity (Wildman–Crippen MR) is 55.3 cm³/mol. The summed E-state index contributed by atoms with van der Waals surface area (Å²) >= 11 is 0. The molecule has 3 heteroatoms. The van der Waals surface area contributed by atoms with Crippen LogP contribution in [-0.4, -0.2) is 11.7 Å². The van der Waals surface area contributed by atoms with Crippen molar-refractivity contribution < 1.29 is 4.52 Å². The maximum Gasteiger partial charge on any atom is 0.140 e. The Morgan fingerprint density at radius 2 is 2.36 bits per heavy atom. The van der Waals surface area contributed by atoms with E-state index in [1.807, 2.05) is 0 Å². The summed E-state index contributed by atoms with van der Waals surface area (Å²) in [4.78, 5) is 0. The van der Waals surface area contributed by atoms with Crippen molar-refractivity contribution in [1.82, 2.24) is 5.16 Å². The van der Waals surface area contributed by atoms with Gasteiger partial charge >= 0.3 is 0 Å². The van der Waals surface area contributed by atoms with E-state index < -0.39 is 0 Å². The van der Waals surface area contributed by atoms with Gasteiger partial charge < -0.3 is 10.3 Å². The second-order valence-electron chi connectivity index (χ2n) is 4.38. The number of fused-ring (bicyclic) bond motifs is 1. The minimum absolute atomic E-state index is 0.439. The van der Waals surface area contributed by atoms with Crippen LogP contribution < -0.4 is 5.73 Å². The molecule has 0 radical (unpaired) electrons. The summed E-state index contributed by atoms with van der Waals surface area (Å²) in [5.74, 6) is 1.99. The van der Waals surface area contributed by atoms with Gasteiger partial charge in [-0.1, -0.05) is 19.0 Å². The number of aromatic nitrogens is 1. The van der Waals surface area contributed by atoms with Gasteiger partial charge in [0.15, 0.2) is 0 Å². The van der Waals surface area contributed by atoms with Gasteiger partial charge in [-0.25, -0.2) is 0 Å². The first kappa shape index (κ1) is 9.71. The van der Waals surface area contributed by atoms with Crippen molar-refractivity contribution >= 4 is 0 Å². The van der Waals surface area contributed by atoms with Crippen molar-refractivity contribution in [2.24, 2.45) is 5.73 Å². The number of aryl methyl sites for hydroxylation is 1. The number of hydrogen-bond donors (Lipinski definition) is 1. The Morgan fingerprint density at radius 1 is 1.57 bits per heavy atom. The van der Waals surface area contributed by atoms with Gasteiger partial charge in [-0.2, -0.15) is 0 Å². The van der Waals surface area contributed by atoms with Crippen LogP contribution in [0.1, 0.15) is 55.5 Å². The molecular weight excluding hydrogens is 176 g/mol. The van der Waals surface area contributed by atoms with Crippen LogP contribution in [0.4, 0.5) is 0 Å². The highest BCUT2D eigenvalue weighted by Crippen LogP contribution is 2.35. The third-order valence-electron chi connectivity index (χ3n) is 3.03. The molecule has 1 unspecified atom stereocenters. The maximum absolute atomic E-state index is 5.78. The van der Waals surface area contributed by atoms with Crippen molar-refractivity contribution in [2.75, 3.05) is 6.54 Å². The third kappa shape index (κ3) is 1.46. The molecule has 0 aliphatic heterocycles. The molecule has 2 rings (SSSR count). The summed E-state index contributed by atoms with van der Waals surface area (Å²) < 4.78 is 5.37. The fourth-order valence-corrected chi connectivity index (χ4v) is 2.27. The first-order chi connectivity index (χ1) is 6.74. The van der Waals surface area contributed by atoms with E-state index in [2.05, 4.69) is 19.0 Å². The molecule has 0 saturated heterocycles. The van der Waals surface area contributed by atoms with Gasteiger partial charge in [0.2, 0.25) is 0 Å². The molecule has 0 amide bonds. The van der Waals surface area contributed by atoms with E-state index in [0.29, 0.717) is 18.4 Å². The van der Waals surface area contributed by atoms with Crippen molar-refractivity contribution in [3.05, 3.63) is 17.0 Å². The van der Waals surface area contributed by atoms with Crippen LogP contribution in [0.3, 0.4) is 0 Å². The van der Waals surface area contributed by atoms with E-state index in [1.165, 1.54) is 18.4 Å². The second-order valence-corrected chi connectivity index (χ2v) is 4.38. The van der Waals surface area contributed by atoms with Gasteiger partial charge in [0.25, 0.3) is 0 Å². The van der Waals surface area contributed by atoms with Crippen molar-refractivity contribution in [2.45, 2.75) is 44.9 Å². The lowest BCUT2D eigenvalue weighted by Gasteiger charge is -2.20. The van der Waals surface area contributed by atoms with Gasteiger partial charge in [0, 0.05) is 17.9 Å². The fraction of sp³-hybridized carbons (Fsp3) is 0.727. The summed E-state index contributed by atoms with van der Waals surface area (Å²) in [6.45, 7) is 5.02. The smallest absolute Gasteiger partial charge is 0.140 e. The van der Waals surface area contributed by atoms with Gasteiger partial charge in [-0.15, -0.1) is 0 Å². The molecule has 14 heavy (non-hydrogen) atoms. The number of nitrogens with zero attached hydrogens (tertiary/aromatic N) is 1. The summed E-state index contributed by atoms with van der Waals surface area (Å²) in [7, 11) is 0. The summed E-state index contributed by atoms with van der Waals surface area (Å²) in [6.07, 6.45) is 3.40. The first-order valence-electron chi connectivity index (χ1n) is 5.42. The molecule has 0 fully saturated rings. The Kier molecular flexibility index (Phi) is 2.59. The normalized spacial score (nSPS) is 21.3. The Morgan fingerprint density at radius 3 is 3.00 bits per heavy atom. The zero-order valence-electron chi connectivity index (χ0n) is 8.92. The number of nitrogens with two attached hydrogens (primary N) is 1. The Hall–Kier alpha value is -0.830. The van der Waals surface area contributed by atoms with Crippen LogP contribution in [0, 0.1) is 0 Å². The van der Waals surface area contributed by atoms with Gasteiger partial charge in [0.05, 0.1) is 5.69 Å². The Balaban J connectivity index is 2.41. The van der Waals surface area contributed by atoms with E-state index >= 15 is 0 Å². The third-order valence-corrected chi connectivity index (χ3v) is 3.03. The molecule has 1 aromatic heterocycles. The quantitative estimate of drug-likeness (QED) is 0.785. The number of rotatable bonds is 2. The Bertz CT molecular complexity index is 317. The molecule has 2 N–H and O–H groups in total. The van der Waals surface area contributed by atoms with Crippen LogP contribution in [-0.2, 0) is 6.42 Å². The molecule has 78 valence electrons. The average Bonchev–Trinajstić information content (AvgIpc) is 2.60. The zero-order valence-corrected chi connectivity index (χ0v) is 8.92. The highest BCUT2D eigenvalue weighted by atomic mass is 16.5. The molecule has 1 atom stereocenters. The van der Waals surface area contributed by atoms with E-state index in [1.54, 1.807) is 0 Å². The molecule has 1 aliphatic carbocycles. The molecule has 1 aliphatic rings.